The van der Waals surface area contributed by atoms with E-state index >= 15 is 0 Å². The molecule has 1 aromatic rings. The van der Waals surface area contributed by atoms with Gasteiger partial charge in [0, 0.05) is 18.4 Å². The maximum Gasteiger partial charge on any atom is 0.322 e. The van der Waals surface area contributed by atoms with Gasteiger partial charge in [-0.25, -0.2) is 8.42 Å². The smallest absolute Gasteiger partial charge is 0.322 e. The molecule has 0 bridgehead atoms. The van der Waals surface area contributed by atoms with Gasteiger partial charge in [-0.05, 0) is 37.5 Å². The summed E-state index contributed by atoms with van der Waals surface area (Å²) >= 11 is 0. The number of hydrogen-bond acceptors (Lipinski definition) is 6. The molecule has 1 unspecified atom stereocenters. The number of nitrogens with one attached hydrogen (secondary N) is 1. The van der Waals surface area contributed by atoms with Crippen LogP contribution in [-0.2, 0) is 14.8 Å². The van der Waals surface area contributed by atoms with Crippen molar-refractivity contribution in [3.05, 3.63) is 36.0 Å². The molecule has 0 amide bonds. The SMILES string of the molecule is N#CC(C#N)=CNc1cccc(S(=O)(=O)N2CCCCC2C(=O)O)c1. The van der Waals surface area contributed by atoms with E-state index in [1.807, 2.05) is 0 Å². The lowest BCUT2D eigenvalue weighted by Gasteiger charge is -2.31. The van der Waals surface area contributed by atoms with Crippen LogP contribution in [0.15, 0.2) is 40.9 Å². The predicted molar refractivity (Wildman–Crippen MR) is 88.5 cm³/mol. The van der Waals surface area contributed by atoms with Crippen LogP contribution in [0.3, 0.4) is 0 Å². The number of carboxylic acid groups (broad SMARTS) is 1. The Morgan fingerprint density at radius 2 is 2.04 bits per heavy atom. The lowest BCUT2D eigenvalue weighted by Crippen LogP contribution is -2.47. The average molecular weight is 360 g/mol. The molecular formula is C16H16N4O4S. The Kier molecular flexibility index (Phi) is 5.75. The van der Waals surface area contributed by atoms with Crippen LogP contribution >= 0.6 is 0 Å². The molecule has 2 N–H and O–H groups in total. The number of benzene rings is 1. The number of carbonyl (C=O) groups is 1. The summed E-state index contributed by atoms with van der Waals surface area (Å²) in [4.78, 5) is 11.3. The van der Waals surface area contributed by atoms with E-state index in [2.05, 4.69) is 5.32 Å². The van der Waals surface area contributed by atoms with Gasteiger partial charge in [0.25, 0.3) is 0 Å². The van der Waals surface area contributed by atoms with Crippen LogP contribution in [0, 0.1) is 22.7 Å². The Bertz CT molecular complexity index is 864. The number of nitriles is 2. The second kappa shape index (κ2) is 7.79. The van der Waals surface area contributed by atoms with Gasteiger partial charge in [-0.3, -0.25) is 4.79 Å². The molecule has 1 fully saturated rings. The van der Waals surface area contributed by atoms with Crippen LogP contribution in [-0.4, -0.2) is 36.4 Å². The molecule has 1 aliphatic heterocycles. The largest absolute Gasteiger partial charge is 0.480 e. The average Bonchev–Trinajstić information content (AvgIpc) is 2.62. The highest BCUT2D eigenvalue weighted by Crippen LogP contribution is 2.27. The number of sulfonamides is 1. The van der Waals surface area contributed by atoms with Crippen LogP contribution in [0.2, 0.25) is 0 Å². The van der Waals surface area contributed by atoms with Crippen molar-refractivity contribution in [2.24, 2.45) is 0 Å². The Hall–Kier alpha value is -2.88. The summed E-state index contributed by atoms with van der Waals surface area (Å²) < 4.78 is 26.7. The number of anilines is 1. The topological polar surface area (TPSA) is 134 Å². The summed E-state index contributed by atoms with van der Waals surface area (Å²) in [5.74, 6) is -1.16. The molecule has 25 heavy (non-hydrogen) atoms. The third-order valence-electron chi connectivity index (χ3n) is 3.80. The highest BCUT2D eigenvalue weighted by molar-refractivity contribution is 7.89. The molecule has 0 saturated carbocycles. The van der Waals surface area contributed by atoms with Crippen molar-refractivity contribution in [1.29, 1.82) is 10.5 Å². The zero-order valence-electron chi connectivity index (χ0n) is 13.2. The van der Waals surface area contributed by atoms with E-state index in [1.54, 1.807) is 18.2 Å². The van der Waals surface area contributed by atoms with Gasteiger partial charge in [0.2, 0.25) is 10.0 Å². The minimum atomic E-state index is -3.97. The number of rotatable bonds is 5. The maximum absolute atomic E-state index is 12.8. The van der Waals surface area contributed by atoms with Crippen molar-refractivity contribution in [3.63, 3.8) is 0 Å². The Balaban J connectivity index is 2.32. The van der Waals surface area contributed by atoms with Gasteiger partial charge in [-0.2, -0.15) is 14.8 Å². The third-order valence-corrected chi connectivity index (χ3v) is 5.71. The molecule has 9 heteroatoms. The second-order valence-corrected chi connectivity index (χ2v) is 7.31. The van der Waals surface area contributed by atoms with Crippen LogP contribution in [0.25, 0.3) is 0 Å². The summed E-state index contributed by atoms with van der Waals surface area (Å²) in [5, 5.41) is 29.4. The predicted octanol–water partition coefficient (Wildman–Crippen LogP) is 1.66. The van der Waals surface area contributed by atoms with Gasteiger partial charge >= 0.3 is 5.97 Å². The number of aliphatic carboxylic acids is 1. The molecule has 130 valence electrons. The molecule has 0 spiro atoms. The van der Waals surface area contributed by atoms with Crippen molar-refractivity contribution in [2.45, 2.75) is 30.2 Å². The van der Waals surface area contributed by atoms with Crippen LogP contribution in [0.4, 0.5) is 5.69 Å². The zero-order valence-corrected chi connectivity index (χ0v) is 14.0. The van der Waals surface area contributed by atoms with E-state index in [4.69, 9.17) is 10.5 Å². The van der Waals surface area contributed by atoms with E-state index in [-0.39, 0.29) is 23.4 Å². The summed E-state index contributed by atoms with van der Waals surface area (Å²) in [6.45, 7) is 0.157. The van der Waals surface area contributed by atoms with Crippen molar-refractivity contribution >= 4 is 21.7 Å². The van der Waals surface area contributed by atoms with E-state index in [0.29, 0.717) is 18.5 Å². The molecular weight excluding hydrogens is 344 g/mol. The fourth-order valence-electron chi connectivity index (χ4n) is 2.57. The van der Waals surface area contributed by atoms with Gasteiger partial charge in [0.05, 0.1) is 4.90 Å². The molecule has 1 heterocycles. The first-order chi connectivity index (χ1) is 11.9. The number of allylic oxidation sites excluding steroid dienone is 1. The van der Waals surface area contributed by atoms with Crippen LogP contribution in [0.1, 0.15) is 19.3 Å². The second-order valence-electron chi connectivity index (χ2n) is 5.42. The Labute approximate surface area is 145 Å². The molecule has 1 atom stereocenters. The standard InChI is InChI=1S/C16H16N4O4S/c17-9-12(10-18)11-19-13-4-3-5-14(8-13)25(23,24)20-7-2-1-6-15(20)16(21)22/h3-5,8,11,15,19H,1-2,6-7H2,(H,21,22). The first-order valence-corrected chi connectivity index (χ1v) is 8.96. The van der Waals surface area contributed by atoms with Crippen LogP contribution in [0.5, 0.6) is 0 Å². The summed E-state index contributed by atoms with van der Waals surface area (Å²) in [6.07, 6.45) is 2.73. The van der Waals surface area contributed by atoms with Crippen molar-refractivity contribution < 1.29 is 18.3 Å². The Morgan fingerprint density at radius 1 is 1.32 bits per heavy atom. The fraction of sp³-hybridized carbons (Fsp3) is 0.312. The van der Waals surface area contributed by atoms with Gasteiger partial charge in [0.15, 0.2) is 0 Å². The minimum absolute atomic E-state index is 0.0467. The molecule has 2 rings (SSSR count). The van der Waals surface area contributed by atoms with E-state index in [9.17, 15) is 18.3 Å². The first kappa shape index (κ1) is 18.5. The fourth-order valence-corrected chi connectivity index (χ4v) is 4.26. The molecule has 0 aromatic heterocycles. The lowest BCUT2D eigenvalue weighted by molar-refractivity contribution is -0.142. The number of carboxylic acids is 1. The molecule has 8 nitrogen and oxygen atoms in total. The van der Waals surface area contributed by atoms with Crippen molar-refractivity contribution in [2.75, 3.05) is 11.9 Å². The van der Waals surface area contributed by atoms with Crippen molar-refractivity contribution in [3.8, 4) is 12.1 Å². The summed E-state index contributed by atoms with van der Waals surface area (Å²) in [6, 6.07) is 8.09. The minimum Gasteiger partial charge on any atom is -0.480 e. The third kappa shape index (κ3) is 4.15. The summed E-state index contributed by atoms with van der Waals surface area (Å²) in [7, 11) is -3.97. The van der Waals surface area contributed by atoms with Crippen molar-refractivity contribution in [1.82, 2.24) is 4.31 Å². The van der Waals surface area contributed by atoms with Gasteiger partial charge in [0.1, 0.15) is 23.8 Å². The quantitative estimate of drug-likeness (QED) is 0.762. The number of piperidine rings is 1. The number of hydrogen-bond donors (Lipinski definition) is 2. The highest BCUT2D eigenvalue weighted by atomic mass is 32.2. The monoisotopic (exact) mass is 360 g/mol. The molecule has 1 saturated heterocycles. The highest BCUT2D eigenvalue weighted by Gasteiger charge is 2.37. The first-order valence-electron chi connectivity index (χ1n) is 7.52. The summed E-state index contributed by atoms with van der Waals surface area (Å²) in [5.41, 5.74) is 0.211. The van der Waals surface area contributed by atoms with Crippen LogP contribution < -0.4 is 5.32 Å². The number of nitrogens with zero attached hydrogens (tertiary/aromatic N) is 3. The lowest BCUT2D eigenvalue weighted by atomic mass is 10.1. The van der Waals surface area contributed by atoms with Gasteiger partial charge in [-0.1, -0.05) is 6.07 Å². The van der Waals surface area contributed by atoms with E-state index in [0.717, 1.165) is 4.31 Å². The molecule has 0 aliphatic carbocycles. The van der Waals surface area contributed by atoms with E-state index in [1.165, 1.54) is 24.4 Å². The van der Waals surface area contributed by atoms with Gasteiger partial charge < -0.3 is 10.4 Å². The molecule has 0 radical (unpaired) electrons. The molecule has 1 aliphatic rings. The zero-order chi connectivity index (χ0) is 18.4. The van der Waals surface area contributed by atoms with E-state index < -0.39 is 22.0 Å². The Morgan fingerprint density at radius 3 is 2.68 bits per heavy atom. The normalized spacial score (nSPS) is 17.8. The molecule has 1 aromatic carbocycles. The maximum atomic E-state index is 12.8. The van der Waals surface area contributed by atoms with Gasteiger partial charge in [-0.15, -0.1) is 0 Å².